The average molecular weight is 270 g/mol. The molecule has 6 heteroatoms. The van der Waals surface area contributed by atoms with Crippen LogP contribution in [0.3, 0.4) is 0 Å². The lowest BCUT2D eigenvalue weighted by molar-refractivity contribution is 0.219. The monoisotopic (exact) mass is 270 g/mol. The number of anilines is 1. The summed E-state index contributed by atoms with van der Waals surface area (Å²) in [4.78, 5) is 0. The largest absolute Gasteiger partial charge is 0.487 e. The molecule has 1 aromatic carbocycles. The van der Waals surface area contributed by atoms with E-state index < -0.39 is 10.0 Å². The summed E-state index contributed by atoms with van der Waals surface area (Å²) < 4.78 is 30.7. The van der Waals surface area contributed by atoms with E-state index in [9.17, 15) is 8.42 Å². The van der Waals surface area contributed by atoms with Gasteiger partial charge in [-0.05, 0) is 37.6 Å². The van der Waals surface area contributed by atoms with E-state index in [-0.39, 0.29) is 6.10 Å². The summed E-state index contributed by atoms with van der Waals surface area (Å²) in [5.41, 5.74) is 7.15. The fourth-order valence-corrected chi connectivity index (χ4v) is 3.06. The van der Waals surface area contributed by atoms with Gasteiger partial charge < -0.3 is 10.5 Å². The number of sulfonamides is 1. The number of hydrogen-bond acceptors (Lipinski definition) is 4. The van der Waals surface area contributed by atoms with Crippen molar-refractivity contribution in [1.82, 2.24) is 0 Å². The zero-order valence-electron chi connectivity index (χ0n) is 10.6. The average Bonchev–Trinajstić information content (AvgIpc) is 2.27. The van der Waals surface area contributed by atoms with E-state index in [1.54, 1.807) is 0 Å². The zero-order chi connectivity index (χ0) is 13.3. The molecule has 0 aliphatic carbocycles. The van der Waals surface area contributed by atoms with Gasteiger partial charge in [0.05, 0.1) is 18.5 Å². The topological polar surface area (TPSA) is 72.6 Å². The van der Waals surface area contributed by atoms with Gasteiger partial charge in [0.15, 0.2) is 0 Å². The molecule has 0 bridgehead atoms. The normalized spacial score (nSPS) is 19.3. The van der Waals surface area contributed by atoms with E-state index >= 15 is 0 Å². The molecular formula is C12H18N2O3S. The molecule has 0 radical (unpaired) electrons. The lowest BCUT2D eigenvalue weighted by Crippen LogP contribution is -2.41. The first-order valence-corrected chi connectivity index (χ1v) is 7.74. The zero-order valence-corrected chi connectivity index (χ0v) is 11.4. The summed E-state index contributed by atoms with van der Waals surface area (Å²) in [6.07, 6.45) is 1.79. The minimum Gasteiger partial charge on any atom is -0.487 e. The molecule has 1 unspecified atom stereocenters. The van der Waals surface area contributed by atoms with Crippen LogP contribution in [0.2, 0.25) is 0 Å². The van der Waals surface area contributed by atoms with Crippen molar-refractivity contribution in [1.29, 1.82) is 0 Å². The Balaban J connectivity index is 2.47. The van der Waals surface area contributed by atoms with E-state index in [1.165, 1.54) is 10.6 Å². The number of ether oxygens (including phenoxy) is 1. The lowest BCUT2D eigenvalue weighted by Gasteiger charge is -2.33. The van der Waals surface area contributed by atoms with Crippen LogP contribution in [0, 0.1) is 0 Å². The summed E-state index contributed by atoms with van der Waals surface area (Å²) in [6.45, 7) is 2.74. The molecule has 1 aliphatic heterocycles. The molecule has 0 fully saturated rings. The Bertz CT molecular complexity index is 542. The molecule has 2 rings (SSSR count). The van der Waals surface area contributed by atoms with Gasteiger partial charge in [-0.2, -0.15) is 0 Å². The van der Waals surface area contributed by atoms with Crippen LogP contribution in [0.25, 0.3) is 0 Å². The molecule has 2 N–H and O–H groups in total. The summed E-state index contributed by atoms with van der Waals surface area (Å²) in [6, 6.07) is 5.58. The Kier molecular flexibility index (Phi) is 3.49. The number of nitrogens with zero attached hydrogens (tertiary/aromatic N) is 1. The highest BCUT2D eigenvalue weighted by Gasteiger charge is 2.29. The standard InChI is InChI=1S/C12H18N2O3S/c1-9-8-14(18(2,15)16)11-7-10(5-6-13)3-4-12(11)17-9/h3-4,7,9H,5-6,8,13H2,1-2H3. The van der Waals surface area contributed by atoms with Crippen LogP contribution in [-0.4, -0.2) is 33.9 Å². The van der Waals surface area contributed by atoms with Crippen LogP contribution in [0.1, 0.15) is 12.5 Å². The maximum absolute atomic E-state index is 11.8. The number of fused-ring (bicyclic) bond motifs is 1. The van der Waals surface area contributed by atoms with Crippen molar-refractivity contribution in [3.05, 3.63) is 23.8 Å². The summed E-state index contributed by atoms with van der Waals surface area (Å²) >= 11 is 0. The van der Waals surface area contributed by atoms with Crippen LogP contribution in [-0.2, 0) is 16.4 Å². The fourth-order valence-electron chi connectivity index (χ4n) is 2.08. The summed E-state index contributed by atoms with van der Waals surface area (Å²) in [5, 5.41) is 0. The first-order chi connectivity index (χ1) is 8.41. The molecule has 0 saturated carbocycles. The molecule has 1 aliphatic rings. The highest BCUT2D eigenvalue weighted by molar-refractivity contribution is 7.92. The van der Waals surface area contributed by atoms with Crippen molar-refractivity contribution in [3.8, 4) is 5.75 Å². The number of benzene rings is 1. The second-order valence-corrected chi connectivity index (χ2v) is 6.47. The van der Waals surface area contributed by atoms with Crippen molar-refractivity contribution >= 4 is 15.7 Å². The van der Waals surface area contributed by atoms with Gasteiger partial charge in [0.1, 0.15) is 11.9 Å². The minimum atomic E-state index is -3.28. The molecule has 0 saturated heterocycles. The highest BCUT2D eigenvalue weighted by Crippen LogP contribution is 2.35. The number of nitrogens with two attached hydrogens (primary N) is 1. The SMILES string of the molecule is CC1CN(S(C)(=O)=O)c2cc(CCN)ccc2O1. The van der Waals surface area contributed by atoms with Crippen LogP contribution in [0.15, 0.2) is 18.2 Å². The van der Waals surface area contributed by atoms with Gasteiger partial charge in [-0.1, -0.05) is 6.07 Å². The Hall–Kier alpha value is -1.27. The smallest absolute Gasteiger partial charge is 0.232 e. The number of rotatable bonds is 3. The molecule has 1 aromatic rings. The molecule has 1 heterocycles. The predicted octanol–water partition coefficient (Wildman–Crippen LogP) is 0.735. The maximum atomic E-state index is 11.8. The van der Waals surface area contributed by atoms with Crippen LogP contribution in [0.4, 0.5) is 5.69 Å². The van der Waals surface area contributed by atoms with Crippen molar-refractivity contribution in [3.63, 3.8) is 0 Å². The third kappa shape index (κ3) is 2.59. The van der Waals surface area contributed by atoms with Gasteiger partial charge in [0, 0.05) is 0 Å². The van der Waals surface area contributed by atoms with E-state index in [0.717, 1.165) is 12.0 Å². The highest BCUT2D eigenvalue weighted by atomic mass is 32.2. The Morgan fingerprint density at radius 1 is 1.50 bits per heavy atom. The Morgan fingerprint density at radius 2 is 2.22 bits per heavy atom. The van der Waals surface area contributed by atoms with E-state index in [1.807, 2.05) is 25.1 Å². The first kappa shape index (κ1) is 13.2. The molecule has 1 atom stereocenters. The van der Waals surface area contributed by atoms with Crippen molar-refractivity contribution in [2.75, 3.05) is 23.7 Å². The Labute approximate surface area is 108 Å². The third-order valence-corrected chi connectivity index (χ3v) is 4.02. The van der Waals surface area contributed by atoms with Gasteiger partial charge in [-0.3, -0.25) is 4.31 Å². The predicted molar refractivity (Wildman–Crippen MR) is 71.5 cm³/mol. The summed E-state index contributed by atoms with van der Waals surface area (Å²) in [5.74, 6) is 0.611. The van der Waals surface area contributed by atoms with Crippen molar-refractivity contribution in [2.45, 2.75) is 19.4 Å². The molecule has 0 aromatic heterocycles. The minimum absolute atomic E-state index is 0.146. The van der Waals surface area contributed by atoms with Crippen LogP contribution >= 0.6 is 0 Å². The van der Waals surface area contributed by atoms with Crippen molar-refractivity contribution in [2.24, 2.45) is 5.73 Å². The Morgan fingerprint density at radius 3 is 2.83 bits per heavy atom. The van der Waals surface area contributed by atoms with Gasteiger partial charge in [-0.15, -0.1) is 0 Å². The third-order valence-electron chi connectivity index (χ3n) is 2.88. The van der Waals surface area contributed by atoms with E-state index in [0.29, 0.717) is 24.5 Å². The molecule has 5 nitrogen and oxygen atoms in total. The van der Waals surface area contributed by atoms with Crippen LogP contribution in [0.5, 0.6) is 5.75 Å². The molecule has 0 amide bonds. The fraction of sp³-hybridized carbons (Fsp3) is 0.500. The molecular weight excluding hydrogens is 252 g/mol. The molecule has 100 valence electrons. The lowest BCUT2D eigenvalue weighted by atomic mass is 10.1. The quantitative estimate of drug-likeness (QED) is 0.879. The number of hydrogen-bond donors (Lipinski definition) is 1. The molecule has 18 heavy (non-hydrogen) atoms. The van der Waals surface area contributed by atoms with Crippen molar-refractivity contribution < 1.29 is 13.2 Å². The molecule has 0 spiro atoms. The van der Waals surface area contributed by atoms with Gasteiger partial charge >= 0.3 is 0 Å². The van der Waals surface area contributed by atoms with Gasteiger partial charge in [0.2, 0.25) is 10.0 Å². The maximum Gasteiger partial charge on any atom is 0.232 e. The van der Waals surface area contributed by atoms with Gasteiger partial charge in [0.25, 0.3) is 0 Å². The summed E-state index contributed by atoms with van der Waals surface area (Å²) in [7, 11) is -3.28. The van der Waals surface area contributed by atoms with E-state index in [2.05, 4.69) is 0 Å². The van der Waals surface area contributed by atoms with Gasteiger partial charge in [-0.25, -0.2) is 8.42 Å². The first-order valence-electron chi connectivity index (χ1n) is 5.89. The van der Waals surface area contributed by atoms with Crippen LogP contribution < -0.4 is 14.8 Å². The van der Waals surface area contributed by atoms with E-state index in [4.69, 9.17) is 10.5 Å². The second-order valence-electron chi connectivity index (χ2n) is 4.56. The second kappa shape index (κ2) is 4.78.